The minimum absolute atomic E-state index is 0.0480. The summed E-state index contributed by atoms with van der Waals surface area (Å²) in [5, 5.41) is 12.8. The van der Waals surface area contributed by atoms with Crippen LogP contribution in [0.3, 0.4) is 0 Å². The molecule has 0 saturated carbocycles. The van der Waals surface area contributed by atoms with Gasteiger partial charge in [-0.2, -0.15) is 0 Å². The summed E-state index contributed by atoms with van der Waals surface area (Å²) in [6, 6.07) is 8.10. The molecule has 0 saturated heterocycles. The maximum Gasteiger partial charge on any atom is 0.271 e. The molecule has 0 atom stereocenters. The molecule has 2 heterocycles. The number of carbonyl (C=O) groups is 1. The fraction of sp³-hybridized carbons (Fsp3) is 0.214. The molecular weight excluding hydrogens is 292 g/mol. The van der Waals surface area contributed by atoms with Crippen molar-refractivity contribution in [2.24, 2.45) is 0 Å². The second kappa shape index (κ2) is 5.53. The zero-order chi connectivity index (χ0) is 14.8. The summed E-state index contributed by atoms with van der Waals surface area (Å²) in [7, 11) is 0. The van der Waals surface area contributed by atoms with Crippen LogP contribution in [0.2, 0.25) is 0 Å². The Bertz CT molecular complexity index is 684. The average Bonchev–Trinajstić information content (AvgIpc) is 2.98. The highest BCUT2D eigenvalue weighted by molar-refractivity contribution is 7.10. The van der Waals surface area contributed by atoms with Crippen LogP contribution in [-0.4, -0.2) is 24.0 Å². The van der Waals surface area contributed by atoms with Crippen LogP contribution in [0, 0.1) is 10.1 Å². The van der Waals surface area contributed by atoms with E-state index in [0.29, 0.717) is 31.0 Å². The molecule has 1 aromatic carbocycles. The summed E-state index contributed by atoms with van der Waals surface area (Å²) in [4.78, 5) is 25.4. The first-order valence-corrected chi connectivity index (χ1v) is 7.27. The highest BCUT2D eigenvalue weighted by Gasteiger charge is 2.26. The molecule has 3 rings (SSSR count). The molecule has 0 aliphatic carbocycles. The van der Waals surface area contributed by atoms with Gasteiger partial charge < -0.3 is 9.64 Å². The van der Waals surface area contributed by atoms with E-state index in [0.717, 1.165) is 4.88 Å². The molecule has 0 spiro atoms. The van der Waals surface area contributed by atoms with E-state index >= 15 is 0 Å². The van der Waals surface area contributed by atoms with Crippen molar-refractivity contribution in [3.8, 4) is 5.75 Å². The van der Waals surface area contributed by atoms with Gasteiger partial charge in [-0.3, -0.25) is 14.9 Å². The summed E-state index contributed by atoms with van der Waals surface area (Å²) in [5.41, 5.74) is 0.421. The second-order valence-corrected chi connectivity index (χ2v) is 5.59. The number of fused-ring (bicyclic) bond motifs is 1. The molecule has 7 heteroatoms. The normalized spacial score (nSPS) is 13.4. The van der Waals surface area contributed by atoms with Crippen molar-refractivity contribution in [1.29, 1.82) is 0 Å². The van der Waals surface area contributed by atoms with Gasteiger partial charge in [-0.1, -0.05) is 6.07 Å². The smallest absolute Gasteiger partial charge is 0.271 e. The summed E-state index contributed by atoms with van der Waals surface area (Å²) in [6.07, 6.45) is 0.291. The highest BCUT2D eigenvalue weighted by atomic mass is 32.1. The topological polar surface area (TPSA) is 72.7 Å². The Balaban J connectivity index is 1.90. The molecule has 108 valence electrons. The van der Waals surface area contributed by atoms with Gasteiger partial charge in [-0.25, -0.2) is 0 Å². The molecular formula is C14H12N2O4S. The van der Waals surface area contributed by atoms with Crippen LogP contribution in [0.5, 0.6) is 5.75 Å². The maximum atomic E-state index is 12.4. The largest absolute Gasteiger partial charge is 0.490 e. The zero-order valence-electron chi connectivity index (χ0n) is 11.0. The number of carbonyl (C=O) groups excluding carboxylic acids is 1. The van der Waals surface area contributed by atoms with E-state index in [1.165, 1.54) is 29.5 Å². The van der Waals surface area contributed by atoms with Gasteiger partial charge >= 0.3 is 0 Å². The Hall–Kier alpha value is -2.41. The molecule has 1 aromatic heterocycles. The Morgan fingerprint density at radius 2 is 2.29 bits per heavy atom. The van der Waals surface area contributed by atoms with Gasteiger partial charge in [0.1, 0.15) is 12.4 Å². The number of amides is 1. The van der Waals surface area contributed by atoms with Crippen LogP contribution in [-0.2, 0) is 11.2 Å². The summed E-state index contributed by atoms with van der Waals surface area (Å²) in [5.74, 6) is 0.425. The first kappa shape index (κ1) is 13.6. The molecule has 0 unspecified atom stereocenters. The number of thiophene rings is 1. The third kappa shape index (κ3) is 2.73. The number of non-ortho nitro benzene ring substituents is 1. The Morgan fingerprint density at radius 3 is 3.00 bits per heavy atom. The third-order valence-corrected chi connectivity index (χ3v) is 4.10. The monoisotopic (exact) mass is 304 g/mol. The van der Waals surface area contributed by atoms with Crippen molar-refractivity contribution in [2.45, 2.75) is 6.42 Å². The van der Waals surface area contributed by atoms with Crippen molar-refractivity contribution in [2.75, 3.05) is 18.1 Å². The number of hydrogen-bond acceptors (Lipinski definition) is 5. The number of ether oxygens (including phenoxy) is 1. The minimum atomic E-state index is -0.475. The second-order valence-electron chi connectivity index (χ2n) is 4.56. The van der Waals surface area contributed by atoms with E-state index in [-0.39, 0.29) is 11.6 Å². The van der Waals surface area contributed by atoms with Gasteiger partial charge in [-0.15, -0.1) is 11.3 Å². The number of nitro benzene ring substituents is 1. The Labute approximate surface area is 124 Å². The van der Waals surface area contributed by atoms with Crippen molar-refractivity contribution in [3.63, 3.8) is 0 Å². The van der Waals surface area contributed by atoms with E-state index in [1.54, 1.807) is 4.90 Å². The first-order valence-electron chi connectivity index (χ1n) is 6.39. The van der Waals surface area contributed by atoms with Crippen LogP contribution < -0.4 is 9.64 Å². The van der Waals surface area contributed by atoms with Crippen LogP contribution in [0.4, 0.5) is 11.4 Å². The molecule has 1 aliphatic heterocycles. The Kier molecular flexibility index (Phi) is 3.57. The molecule has 21 heavy (non-hydrogen) atoms. The lowest BCUT2D eigenvalue weighted by molar-refractivity contribution is -0.384. The average molecular weight is 304 g/mol. The van der Waals surface area contributed by atoms with Crippen molar-refractivity contribution in [1.82, 2.24) is 0 Å². The zero-order valence-corrected chi connectivity index (χ0v) is 11.8. The molecule has 2 aromatic rings. The van der Waals surface area contributed by atoms with Gasteiger partial charge in [0.25, 0.3) is 5.69 Å². The molecule has 0 radical (unpaired) electrons. The molecule has 0 bridgehead atoms. The van der Waals surface area contributed by atoms with E-state index in [1.807, 2.05) is 17.5 Å². The lowest BCUT2D eigenvalue weighted by Gasteiger charge is -2.29. The first-order chi connectivity index (χ1) is 10.1. The number of nitro groups is 1. The SMILES string of the molecule is O=C(Cc1cccs1)N1CCOc2ccc([N+](=O)[O-])cc21. The number of anilines is 1. The molecule has 0 fully saturated rings. The van der Waals surface area contributed by atoms with E-state index in [4.69, 9.17) is 4.74 Å². The van der Waals surface area contributed by atoms with Gasteiger partial charge in [0.15, 0.2) is 0 Å². The van der Waals surface area contributed by atoms with Crippen molar-refractivity contribution in [3.05, 3.63) is 50.7 Å². The van der Waals surface area contributed by atoms with Gasteiger partial charge in [0.2, 0.25) is 5.91 Å². The number of benzene rings is 1. The fourth-order valence-corrected chi connectivity index (χ4v) is 2.93. The van der Waals surface area contributed by atoms with E-state index in [9.17, 15) is 14.9 Å². The van der Waals surface area contributed by atoms with Gasteiger partial charge in [0.05, 0.1) is 23.6 Å². The lowest BCUT2D eigenvalue weighted by Crippen LogP contribution is -2.38. The van der Waals surface area contributed by atoms with Crippen LogP contribution in [0.15, 0.2) is 35.7 Å². The van der Waals surface area contributed by atoms with Crippen LogP contribution in [0.25, 0.3) is 0 Å². The third-order valence-electron chi connectivity index (χ3n) is 3.22. The molecule has 0 N–H and O–H groups in total. The number of hydrogen-bond donors (Lipinski definition) is 0. The van der Waals surface area contributed by atoms with E-state index < -0.39 is 4.92 Å². The van der Waals surface area contributed by atoms with Crippen molar-refractivity contribution >= 4 is 28.6 Å². The quantitative estimate of drug-likeness (QED) is 0.645. The number of rotatable bonds is 3. The van der Waals surface area contributed by atoms with E-state index in [2.05, 4.69) is 0 Å². The number of nitrogens with zero attached hydrogens (tertiary/aromatic N) is 2. The highest BCUT2D eigenvalue weighted by Crippen LogP contribution is 2.35. The summed E-state index contributed by atoms with van der Waals surface area (Å²) in [6.45, 7) is 0.791. The van der Waals surface area contributed by atoms with Gasteiger partial charge in [-0.05, 0) is 17.5 Å². The molecule has 1 aliphatic rings. The van der Waals surface area contributed by atoms with Gasteiger partial charge in [0, 0.05) is 17.0 Å². The maximum absolute atomic E-state index is 12.4. The van der Waals surface area contributed by atoms with Crippen molar-refractivity contribution < 1.29 is 14.5 Å². The standard InChI is InChI=1S/C14H12N2O4S/c17-14(9-11-2-1-7-21-11)15-5-6-20-13-4-3-10(16(18)19)8-12(13)15/h1-4,7-8H,5-6,9H2. The minimum Gasteiger partial charge on any atom is -0.490 e. The van der Waals surface area contributed by atoms with Crippen LogP contribution >= 0.6 is 11.3 Å². The molecule has 1 amide bonds. The molecule has 6 nitrogen and oxygen atoms in total. The summed E-state index contributed by atoms with van der Waals surface area (Å²) >= 11 is 1.52. The fourth-order valence-electron chi connectivity index (χ4n) is 2.24. The Morgan fingerprint density at radius 1 is 1.43 bits per heavy atom. The predicted octanol–water partition coefficient (Wildman–Crippen LogP) is 2.62. The predicted molar refractivity (Wildman–Crippen MR) is 79.0 cm³/mol. The summed E-state index contributed by atoms with van der Waals surface area (Å²) < 4.78 is 5.46. The van der Waals surface area contributed by atoms with Crippen LogP contribution in [0.1, 0.15) is 4.88 Å². The lowest BCUT2D eigenvalue weighted by atomic mass is 10.2.